The van der Waals surface area contributed by atoms with Gasteiger partial charge in [0.25, 0.3) is 15.9 Å². The molecule has 1 aliphatic heterocycles. The summed E-state index contributed by atoms with van der Waals surface area (Å²) < 4.78 is 29.2. The van der Waals surface area contributed by atoms with Gasteiger partial charge in [0.2, 0.25) is 0 Å². The van der Waals surface area contributed by atoms with Gasteiger partial charge < -0.3 is 9.88 Å². The SMILES string of the molecule is Cn1cnc(S(=O)(=O)N2C[C@H](NC(=O)c3cc(Cl)cc(Cl)c3)[C@@H](c3ccccc3)C2)c1. The van der Waals surface area contributed by atoms with Gasteiger partial charge in [-0.2, -0.15) is 4.31 Å². The number of nitrogens with zero attached hydrogens (tertiary/aromatic N) is 3. The molecule has 10 heteroatoms. The van der Waals surface area contributed by atoms with Gasteiger partial charge in [-0.15, -0.1) is 0 Å². The fourth-order valence-electron chi connectivity index (χ4n) is 3.74. The van der Waals surface area contributed by atoms with Crippen LogP contribution in [0.4, 0.5) is 0 Å². The molecule has 1 saturated heterocycles. The third-order valence-electron chi connectivity index (χ3n) is 5.24. The van der Waals surface area contributed by atoms with Gasteiger partial charge >= 0.3 is 0 Å². The minimum Gasteiger partial charge on any atom is -0.347 e. The van der Waals surface area contributed by atoms with Gasteiger partial charge in [-0.3, -0.25) is 4.79 Å². The predicted octanol–water partition coefficient (Wildman–Crippen LogP) is 3.31. The normalized spacial score (nSPS) is 19.5. The van der Waals surface area contributed by atoms with Crippen LogP contribution in [0, 0.1) is 0 Å². The number of aryl methyl sites for hydroxylation is 1. The molecule has 7 nitrogen and oxygen atoms in total. The summed E-state index contributed by atoms with van der Waals surface area (Å²) in [7, 11) is -2.09. The van der Waals surface area contributed by atoms with E-state index in [1.807, 2.05) is 30.3 Å². The van der Waals surface area contributed by atoms with Gasteiger partial charge in [0, 0.05) is 47.9 Å². The molecule has 1 N–H and O–H groups in total. The first-order valence-corrected chi connectivity index (χ1v) is 11.7. The molecule has 2 atom stereocenters. The number of nitrogens with one attached hydrogen (secondary N) is 1. The van der Waals surface area contributed by atoms with Crippen LogP contribution in [-0.2, 0) is 17.1 Å². The van der Waals surface area contributed by atoms with Crippen molar-refractivity contribution < 1.29 is 13.2 Å². The number of sulfonamides is 1. The molecule has 2 heterocycles. The Kier molecular flexibility index (Phi) is 6.07. The van der Waals surface area contributed by atoms with E-state index in [-0.39, 0.29) is 29.9 Å². The van der Waals surface area contributed by atoms with E-state index in [0.717, 1.165) is 5.56 Å². The molecule has 3 aromatic rings. The number of benzene rings is 2. The first kappa shape index (κ1) is 21.8. The Morgan fingerprint density at radius 1 is 1.10 bits per heavy atom. The zero-order valence-electron chi connectivity index (χ0n) is 16.6. The third kappa shape index (κ3) is 4.62. The molecule has 0 spiro atoms. The molecule has 1 fully saturated rings. The van der Waals surface area contributed by atoms with Gasteiger partial charge in [-0.05, 0) is 23.8 Å². The van der Waals surface area contributed by atoms with E-state index in [0.29, 0.717) is 15.6 Å². The number of carbonyl (C=O) groups excluding carboxylic acids is 1. The lowest BCUT2D eigenvalue weighted by Crippen LogP contribution is -2.40. The van der Waals surface area contributed by atoms with Crippen molar-refractivity contribution in [2.45, 2.75) is 17.0 Å². The summed E-state index contributed by atoms with van der Waals surface area (Å²) in [5.41, 5.74) is 1.26. The fourth-order valence-corrected chi connectivity index (χ4v) is 5.72. The topological polar surface area (TPSA) is 84.3 Å². The molecule has 1 aromatic heterocycles. The lowest BCUT2D eigenvalue weighted by Gasteiger charge is -2.20. The second-order valence-corrected chi connectivity index (χ2v) is 10.2. The lowest BCUT2D eigenvalue weighted by atomic mass is 9.94. The number of hydrogen-bond donors (Lipinski definition) is 1. The standard InChI is InChI=1S/C21H20Cl2N4O3S/c1-26-12-20(24-13-26)31(29,30)27-10-18(14-5-3-2-4-6-14)19(11-27)25-21(28)15-7-16(22)9-17(23)8-15/h2-9,12-13,18-19H,10-11H2,1H3,(H,25,28)/t18-,19+/m1/s1. The van der Waals surface area contributed by atoms with Crippen molar-refractivity contribution in [1.82, 2.24) is 19.2 Å². The van der Waals surface area contributed by atoms with Gasteiger partial charge in [-0.25, -0.2) is 13.4 Å². The van der Waals surface area contributed by atoms with Crippen LogP contribution in [0.25, 0.3) is 0 Å². The highest BCUT2D eigenvalue weighted by molar-refractivity contribution is 7.89. The van der Waals surface area contributed by atoms with Gasteiger partial charge in [-0.1, -0.05) is 53.5 Å². The lowest BCUT2D eigenvalue weighted by molar-refractivity contribution is 0.0936. The number of amides is 1. The molecule has 0 unspecified atom stereocenters. The zero-order valence-corrected chi connectivity index (χ0v) is 18.9. The van der Waals surface area contributed by atoms with Crippen molar-refractivity contribution in [3.63, 3.8) is 0 Å². The fraction of sp³-hybridized carbons (Fsp3) is 0.238. The van der Waals surface area contributed by atoms with E-state index in [1.54, 1.807) is 17.7 Å². The van der Waals surface area contributed by atoms with Gasteiger partial charge in [0.05, 0.1) is 12.4 Å². The molecule has 31 heavy (non-hydrogen) atoms. The Balaban J connectivity index is 1.63. The quantitative estimate of drug-likeness (QED) is 0.609. The van der Waals surface area contributed by atoms with Gasteiger partial charge in [0.1, 0.15) is 0 Å². The molecular formula is C21H20Cl2N4O3S. The second-order valence-electron chi connectivity index (χ2n) is 7.45. The summed E-state index contributed by atoms with van der Waals surface area (Å²) in [6, 6.07) is 13.7. The van der Waals surface area contributed by atoms with Crippen LogP contribution in [0.1, 0.15) is 21.8 Å². The van der Waals surface area contributed by atoms with Crippen LogP contribution in [0.15, 0.2) is 66.1 Å². The van der Waals surface area contributed by atoms with E-state index in [1.165, 1.54) is 29.0 Å². The summed E-state index contributed by atoms with van der Waals surface area (Å²) in [6.45, 7) is 0.350. The second kappa shape index (κ2) is 8.63. The van der Waals surface area contributed by atoms with Crippen molar-refractivity contribution in [2.75, 3.05) is 13.1 Å². The first-order chi connectivity index (χ1) is 14.7. The van der Waals surface area contributed by atoms with Gasteiger partial charge in [0.15, 0.2) is 5.03 Å². The Hall–Kier alpha value is -2.39. The van der Waals surface area contributed by atoms with Crippen LogP contribution < -0.4 is 5.32 Å². The average molecular weight is 479 g/mol. The molecule has 1 amide bonds. The van der Waals surface area contributed by atoms with Crippen LogP contribution in [0.3, 0.4) is 0 Å². The maximum absolute atomic E-state index is 13.1. The number of halogens is 2. The molecule has 2 aromatic carbocycles. The number of rotatable bonds is 5. The van der Waals surface area contributed by atoms with E-state index >= 15 is 0 Å². The number of imidazole rings is 1. The number of aromatic nitrogens is 2. The van der Waals surface area contributed by atoms with Crippen LogP contribution >= 0.6 is 23.2 Å². The van der Waals surface area contributed by atoms with Crippen LogP contribution in [0.2, 0.25) is 10.0 Å². The van der Waals surface area contributed by atoms with Crippen molar-refractivity contribution >= 4 is 39.1 Å². The molecule has 0 saturated carbocycles. The summed E-state index contributed by atoms with van der Waals surface area (Å²) in [6.07, 6.45) is 2.91. The van der Waals surface area contributed by atoms with Crippen molar-refractivity contribution in [3.8, 4) is 0 Å². The highest BCUT2D eigenvalue weighted by Gasteiger charge is 2.41. The number of hydrogen-bond acceptors (Lipinski definition) is 4. The monoisotopic (exact) mass is 478 g/mol. The summed E-state index contributed by atoms with van der Waals surface area (Å²) in [5.74, 6) is -0.592. The largest absolute Gasteiger partial charge is 0.347 e. The number of carbonyl (C=O) groups is 1. The first-order valence-electron chi connectivity index (χ1n) is 9.54. The molecule has 0 radical (unpaired) electrons. The van der Waals surface area contributed by atoms with E-state index in [9.17, 15) is 13.2 Å². The van der Waals surface area contributed by atoms with Crippen molar-refractivity contribution in [2.24, 2.45) is 7.05 Å². The van der Waals surface area contributed by atoms with Crippen molar-refractivity contribution in [1.29, 1.82) is 0 Å². The van der Waals surface area contributed by atoms with Crippen LogP contribution in [-0.4, -0.2) is 47.3 Å². The summed E-state index contributed by atoms with van der Waals surface area (Å²) >= 11 is 12.1. The average Bonchev–Trinajstić information content (AvgIpc) is 3.35. The maximum atomic E-state index is 13.1. The Morgan fingerprint density at radius 2 is 1.77 bits per heavy atom. The molecule has 1 aliphatic rings. The predicted molar refractivity (Wildman–Crippen MR) is 119 cm³/mol. The Labute approximate surface area is 190 Å². The van der Waals surface area contributed by atoms with E-state index in [4.69, 9.17) is 23.2 Å². The minimum atomic E-state index is -3.80. The smallest absolute Gasteiger partial charge is 0.262 e. The molecule has 4 rings (SSSR count). The zero-order chi connectivity index (χ0) is 22.2. The van der Waals surface area contributed by atoms with Crippen molar-refractivity contribution in [3.05, 3.63) is 82.2 Å². The Morgan fingerprint density at radius 3 is 2.39 bits per heavy atom. The third-order valence-corrected chi connectivity index (χ3v) is 7.39. The molecule has 0 aliphatic carbocycles. The maximum Gasteiger partial charge on any atom is 0.262 e. The molecule has 162 valence electrons. The van der Waals surface area contributed by atoms with E-state index in [2.05, 4.69) is 10.3 Å². The molecule has 0 bridgehead atoms. The molecular weight excluding hydrogens is 459 g/mol. The summed E-state index contributed by atoms with van der Waals surface area (Å²) in [5, 5.41) is 3.65. The van der Waals surface area contributed by atoms with E-state index < -0.39 is 16.1 Å². The highest BCUT2D eigenvalue weighted by Crippen LogP contribution is 2.31. The minimum absolute atomic E-state index is 0.0181. The summed E-state index contributed by atoms with van der Waals surface area (Å²) in [4.78, 5) is 16.9. The highest BCUT2D eigenvalue weighted by atomic mass is 35.5. The Bertz CT molecular complexity index is 1190. The van der Waals surface area contributed by atoms with Crippen LogP contribution in [0.5, 0.6) is 0 Å².